The molecule has 1 aromatic heterocycles. The molecule has 2 aromatic carbocycles. The van der Waals surface area contributed by atoms with Gasteiger partial charge in [0.15, 0.2) is 0 Å². The maximum Gasteiger partial charge on any atom is 0.387 e. The van der Waals surface area contributed by atoms with E-state index in [-0.39, 0.29) is 28.9 Å². The molecule has 39 heavy (non-hydrogen) atoms. The van der Waals surface area contributed by atoms with Crippen molar-refractivity contribution in [3.05, 3.63) is 59.8 Å². The molecule has 3 aromatic rings. The number of fused-ring (bicyclic) bond motifs is 1. The zero-order valence-corrected chi connectivity index (χ0v) is 22.4. The topological polar surface area (TPSA) is 57.8 Å². The molecule has 2 heterocycles. The Morgan fingerprint density at radius 2 is 1.79 bits per heavy atom. The van der Waals surface area contributed by atoms with Crippen LogP contribution in [0.4, 0.5) is 17.6 Å². The van der Waals surface area contributed by atoms with Gasteiger partial charge >= 0.3 is 13.2 Å². The number of likely N-dealkylation sites (tertiary alicyclic amines) is 1. The van der Waals surface area contributed by atoms with Crippen LogP contribution in [0.15, 0.2) is 48.5 Å². The number of hydrogen-bond donors (Lipinski definition) is 1. The van der Waals surface area contributed by atoms with Gasteiger partial charge in [-0.25, -0.2) is 0 Å². The van der Waals surface area contributed by atoms with Gasteiger partial charge in [-0.2, -0.15) is 17.6 Å². The maximum atomic E-state index is 13.4. The van der Waals surface area contributed by atoms with Crippen molar-refractivity contribution < 1.29 is 31.8 Å². The first-order chi connectivity index (χ1) is 18.5. The zero-order valence-electron chi connectivity index (χ0n) is 22.4. The van der Waals surface area contributed by atoms with E-state index in [1.54, 1.807) is 24.3 Å². The summed E-state index contributed by atoms with van der Waals surface area (Å²) in [7, 11) is 0. The number of ether oxygens (including phenoxy) is 2. The Morgan fingerprint density at radius 3 is 2.49 bits per heavy atom. The number of benzene rings is 2. The van der Waals surface area contributed by atoms with Gasteiger partial charge in [0.2, 0.25) is 0 Å². The lowest BCUT2D eigenvalue weighted by Gasteiger charge is -2.44. The Bertz CT molecular complexity index is 1260. The number of hydrogen-bond acceptors (Lipinski definition) is 4. The number of nitrogens with one attached hydrogen (secondary N) is 1. The van der Waals surface area contributed by atoms with Crippen LogP contribution in [-0.2, 0) is 6.42 Å². The van der Waals surface area contributed by atoms with Crippen molar-refractivity contribution in [3.8, 4) is 11.5 Å². The number of aromatic nitrogens is 1. The number of piperidine rings is 1. The van der Waals surface area contributed by atoms with Gasteiger partial charge in [0, 0.05) is 36.1 Å². The summed E-state index contributed by atoms with van der Waals surface area (Å²) in [6, 6.07) is 13.1. The highest BCUT2D eigenvalue weighted by atomic mass is 19.3. The third-order valence-electron chi connectivity index (χ3n) is 7.33. The molecule has 0 radical (unpaired) electrons. The first kappa shape index (κ1) is 28.7. The molecule has 212 valence electrons. The molecule has 4 rings (SSSR count). The second-order valence-electron chi connectivity index (χ2n) is 10.6. The highest BCUT2D eigenvalue weighted by Crippen LogP contribution is 2.29. The molecule has 1 unspecified atom stereocenters. The Labute approximate surface area is 225 Å². The summed E-state index contributed by atoms with van der Waals surface area (Å²) < 4.78 is 59.5. The summed E-state index contributed by atoms with van der Waals surface area (Å²) >= 11 is 0. The van der Waals surface area contributed by atoms with Gasteiger partial charge in [0.25, 0.3) is 5.91 Å². The largest absolute Gasteiger partial charge is 0.435 e. The Kier molecular flexibility index (Phi) is 9.04. The Morgan fingerprint density at radius 1 is 1.08 bits per heavy atom. The summed E-state index contributed by atoms with van der Waals surface area (Å²) in [5.41, 5.74) is 1.77. The van der Waals surface area contributed by atoms with Crippen LogP contribution in [0.5, 0.6) is 11.5 Å². The molecule has 1 atom stereocenters. The van der Waals surface area contributed by atoms with E-state index in [0.29, 0.717) is 36.1 Å². The van der Waals surface area contributed by atoms with Crippen LogP contribution >= 0.6 is 0 Å². The van der Waals surface area contributed by atoms with E-state index >= 15 is 0 Å². The summed E-state index contributed by atoms with van der Waals surface area (Å²) in [5.74, 6) is 0.325. The fraction of sp³-hybridized carbons (Fsp3) is 0.483. The normalized spacial score (nSPS) is 16.7. The van der Waals surface area contributed by atoms with Gasteiger partial charge < -0.3 is 19.4 Å². The zero-order chi connectivity index (χ0) is 28.2. The molecule has 1 fully saturated rings. The SMILES string of the molecule is CCN(CC1CCCN(C(C)(C)Cc2cccc(OC(F)F)c2)C1)C(=O)c1cc2cc(OC(F)F)ccc2[nH]1. The number of amides is 1. The van der Waals surface area contributed by atoms with Crippen molar-refractivity contribution in [2.45, 2.75) is 58.8 Å². The average molecular weight is 550 g/mol. The van der Waals surface area contributed by atoms with Crippen molar-refractivity contribution in [1.29, 1.82) is 0 Å². The second kappa shape index (κ2) is 12.3. The van der Waals surface area contributed by atoms with Crippen molar-refractivity contribution in [2.24, 2.45) is 5.92 Å². The number of carbonyl (C=O) groups is 1. The van der Waals surface area contributed by atoms with Gasteiger partial charge in [-0.3, -0.25) is 9.69 Å². The van der Waals surface area contributed by atoms with Crippen LogP contribution in [0.1, 0.15) is 49.7 Å². The van der Waals surface area contributed by atoms with E-state index in [1.165, 1.54) is 18.2 Å². The number of carbonyl (C=O) groups excluding carboxylic acids is 1. The van der Waals surface area contributed by atoms with Crippen molar-refractivity contribution >= 4 is 16.8 Å². The predicted octanol–water partition coefficient (Wildman–Crippen LogP) is 6.57. The number of halogens is 4. The first-order valence-electron chi connectivity index (χ1n) is 13.2. The van der Waals surface area contributed by atoms with Crippen LogP contribution in [0.2, 0.25) is 0 Å². The van der Waals surface area contributed by atoms with E-state index in [4.69, 9.17) is 0 Å². The maximum absolute atomic E-state index is 13.4. The van der Waals surface area contributed by atoms with E-state index in [2.05, 4.69) is 33.2 Å². The van der Waals surface area contributed by atoms with Gasteiger partial charge in [0.1, 0.15) is 17.2 Å². The molecule has 0 spiro atoms. The molecular formula is C29H35F4N3O3. The van der Waals surface area contributed by atoms with E-state index in [9.17, 15) is 22.4 Å². The lowest BCUT2D eigenvalue weighted by Crippen LogP contribution is -2.52. The third kappa shape index (κ3) is 7.44. The quantitative estimate of drug-likeness (QED) is 0.275. The minimum atomic E-state index is -2.91. The molecule has 0 bridgehead atoms. The van der Waals surface area contributed by atoms with Crippen molar-refractivity contribution in [1.82, 2.24) is 14.8 Å². The monoisotopic (exact) mass is 549 g/mol. The van der Waals surface area contributed by atoms with Crippen molar-refractivity contribution in [2.75, 3.05) is 26.2 Å². The van der Waals surface area contributed by atoms with Gasteiger partial charge in [-0.15, -0.1) is 0 Å². The number of aromatic amines is 1. The fourth-order valence-corrected chi connectivity index (χ4v) is 5.45. The molecule has 0 aliphatic carbocycles. The fourth-order valence-electron chi connectivity index (χ4n) is 5.45. The highest BCUT2D eigenvalue weighted by Gasteiger charge is 2.33. The van der Waals surface area contributed by atoms with Crippen LogP contribution in [0.25, 0.3) is 10.9 Å². The van der Waals surface area contributed by atoms with E-state index in [0.717, 1.165) is 31.5 Å². The molecule has 1 aliphatic rings. The molecule has 6 nitrogen and oxygen atoms in total. The average Bonchev–Trinajstić information content (AvgIpc) is 3.30. The molecule has 10 heteroatoms. The lowest BCUT2D eigenvalue weighted by atomic mass is 9.88. The predicted molar refractivity (Wildman–Crippen MR) is 142 cm³/mol. The van der Waals surface area contributed by atoms with Crippen LogP contribution in [-0.4, -0.2) is 65.6 Å². The lowest BCUT2D eigenvalue weighted by molar-refractivity contribution is -0.0505. The van der Waals surface area contributed by atoms with Gasteiger partial charge in [-0.1, -0.05) is 12.1 Å². The van der Waals surface area contributed by atoms with Gasteiger partial charge in [0.05, 0.1) is 0 Å². The van der Waals surface area contributed by atoms with Crippen LogP contribution in [0, 0.1) is 5.92 Å². The molecule has 1 amide bonds. The summed E-state index contributed by atoms with van der Waals surface area (Å²) in [6.45, 7) is 3.31. The minimum Gasteiger partial charge on any atom is -0.435 e. The van der Waals surface area contributed by atoms with Gasteiger partial charge in [-0.05, 0) is 94.5 Å². The molecule has 1 aliphatic heterocycles. The molecule has 1 saturated heterocycles. The second-order valence-corrected chi connectivity index (χ2v) is 10.6. The Balaban J connectivity index is 1.40. The smallest absolute Gasteiger partial charge is 0.387 e. The number of nitrogens with zero attached hydrogens (tertiary/aromatic N) is 2. The Hall–Kier alpha value is -3.27. The molecule has 1 N–H and O–H groups in total. The first-order valence-corrected chi connectivity index (χ1v) is 13.2. The third-order valence-corrected chi connectivity index (χ3v) is 7.33. The summed E-state index contributed by atoms with van der Waals surface area (Å²) in [5, 5.41) is 0.626. The number of alkyl halides is 4. The standard InChI is InChI=1S/C29H35F4N3O3/c1-4-35(26(37)25-15-21-14-23(39-28(32)33)10-11-24(21)34-25)17-20-8-6-12-36(18-20)29(2,3)16-19-7-5-9-22(13-19)38-27(30)31/h5,7,9-11,13-15,20,27-28,34H,4,6,8,12,16-18H2,1-3H3. The number of rotatable bonds is 11. The minimum absolute atomic E-state index is 0.0426. The van der Waals surface area contributed by atoms with Crippen molar-refractivity contribution in [3.63, 3.8) is 0 Å². The van der Waals surface area contributed by atoms with Crippen LogP contribution < -0.4 is 9.47 Å². The molecular weight excluding hydrogens is 514 g/mol. The molecule has 0 saturated carbocycles. The van der Waals surface area contributed by atoms with E-state index in [1.807, 2.05) is 17.9 Å². The summed E-state index contributed by atoms with van der Waals surface area (Å²) in [6.07, 6.45) is 2.66. The summed E-state index contributed by atoms with van der Waals surface area (Å²) in [4.78, 5) is 20.7. The van der Waals surface area contributed by atoms with Crippen LogP contribution in [0.3, 0.4) is 0 Å². The number of H-pyrrole nitrogens is 1. The highest BCUT2D eigenvalue weighted by molar-refractivity contribution is 5.98. The van der Waals surface area contributed by atoms with E-state index < -0.39 is 13.2 Å².